The highest BCUT2D eigenvalue weighted by molar-refractivity contribution is 5.19. The zero-order chi connectivity index (χ0) is 10.9. The molecule has 0 saturated heterocycles. The van der Waals surface area contributed by atoms with Gasteiger partial charge in [0.15, 0.2) is 0 Å². The van der Waals surface area contributed by atoms with Crippen molar-refractivity contribution in [2.45, 2.75) is 37.6 Å². The molecule has 1 heterocycles. The van der Waals surface area contributed by atoms with Crippen LogP contribution in [0.1, 0.15) is 25.7 Å². The fourth-order valence-electron chi connectivity index (χ4n) is 2.21. The molecule has 2 rings (SSSR count). The van der Waals surface area contributed by atoms with Crippen LogP contribution < -0.4 is 5.73 Å². The van der Waals surface area contributed by atoms with Gasteiger partial charge < -0.3 is 10.6 Å². The third-order valence-corrected chi connectivity index (χ3v) is 3.10. The predicted molar refractivity (Wildman–Crippen MR) is 55.3 cm³/mol. The minimum Gasteiger partial charge on any atom is -0.398 e. The zero-order valence-electron chi connectivity index (χ0n) is 8.63. The van der Waals surface area contributed by atoms with Crippen LogP contribution in [-0.4, -0.2) is 23.4 Å². The molecule has 0 amide bonds. The summed E-state index contributed by atoms with van der Waals surface area (Å²) in [6, 6.07) is 0.230. The van der Waals surface area contributed by atoms with Crippen LogP contribution in [0, 0.1) is 0 Å². The Bertz CT molecular complexity index is 287. The van der Waals surface area contributed by atoms with Gasteiger partial charge in [0.1, 0.15) is 0 Å². The van der Waals surface area contributed by atoms with E-state index in [0.29, 0.717) is 18.5 Å². The summed E-state index contributed by atoms with van der Waals surface area (Å²) in [7, 11) is 0. The highest BCUT2D eigenvalue weighted by atomic mass is 19.3. The van der Waals surface area contributed by atoms with E-state index in [9.17, 15) is 8.78 Å². The maximum absolute atomic E-state index is 12.9. The van der Waals surface area contributed by atoms with E-state index < -0.39 is 5.92 Å². The maximum atomic E-state index is 12.9. The van der Waals surface area contributed by atoms with Crippen LogP contribution in [0.25, 0.3) is 0 Å². The highest BCUT2D eigenvalue weighted by Gasteiger charge is 2.36. The van der Waals surface area contributed by atoms with Crippen LogP contribution >= 0.6 is 0 Å². The van der Waals surface area contributed by atoms with E-state index in [-0.39, 0.29) is 18.9 Å². The molecule has 2 aliphatic rings. The van der Waals surface area contributed by atoms with Crippen molar-refractivity contribution in [3.63, 3.8) is 0 Å². The lowest BCUT2D eigenvalue weighted by molar-refractivity contribution is -0.0487. The van der Waals surface area contributed by atoms with Crippen molar-refractivity contribution in [1.82, 2.24) is 4.90 Å². The number of alkyl halides is 2. The molecule has 0 atom stereocenters. The van der Waals surface area contributed by atoms with Crippen molar-refractivity contribution >= 4 is 0 Å². The fraction of sp³-hybridized carbons (Fsp3) is 0.636. The van der Waals surface area contributed by atoms with E-state index in [1.807, 2.05) is 18.4 Å². The Morgan fingerprint density at radius 1 is 1.33 bits per heavy atom. The van der Waals surface area contributed by atoms with Crippen LogP contribution in [0.4, 0.5) is 8.78 Å². The second kappa shape index (κ2) is 3.83. The Labute approximate surface area is 88.4 Å². The maximum Gasteiger partial charge on any atom is 0.248 e. The summed E-state index contributed by atoms with van der Waals surface area (Å²) >= 11 is 0. The summed E-state index contributed by atoms with van der Waals surface area (Å²) in [4.78, 5) is 2.07. The van der Waals surface area contributed by atoms with Crippen LogP contribution in [0.2, 0.25) is 0 Å². The van der Waals surface area contributed by atoms with Gasteiger partial charge in [-0.15, -0.1) is 0 Å². The summed E-state index contributed by atoms with van der Waals surface area (Å²) in [5, 5.41) is 0. The first-order valence-electron chi connectivity index (χ1n) is 5.34. The Balaban J connectivity index is 1.94. The van der Waals surface area contributed by atoms with Crippen molar-refractivity contribution in [2.24, 2.45) is 5.73 Å². The lowest BCUT2D eigenvalue weighted by Gasteiger charge is -2.36. The molecule has 0 radical (unpaired) electrons. The molecule has 0 spiro atoms. The summed E-state index contributed by atoms with van der Waals surface area (Å²) in [5.41, 5.74) is 6.38. The Morgan fingerprint density at radius 2 is 2.00 bits per heavy atom. The molecule has 0 aromatic rings. The molecule has 0 aromatic carbocycles. The second-order valence-corrected chi connectivity index (χ2v) is 4.32. The number of nitrogens with zero attached hydrogens (tertiary/aromatic N) is 1. The first-order valence-corrected chi connectivity index (χ1v) is 5.34. The minimum absolute atomic E-state index is 0.00558. The molecule has 15 heavy (non-hydrogen) atoms. The van der Waals surface area contributed by atoms with E-state index in [4.69, 9.17) is 5.73 Å². The van der Waals surface area contributed by atoms with Gasteiger partial charge in [0.05, 0.1) is 0 Å². The number of hydrogen-bond donors (Lipinski definition) is 1. The van der Waals surface area contributed by atoms with E-state index in [1.165, 1.54) is 0 Å². The molecule has 1 saturated carbocycles. The van der Waals surface area contributed by atoms with Crippen molar-refractivity contribution in [2.75, 3.05) is 6.54 Å². The van der Waals surface area contributed by atoms with Crippen LogP contribution in [0.5, 0.6) is 0 Å². The molecule has 1 aliphatic carbocycles. The van der Waals surface area contributed by atoms with Gasteiger partial charge in [-0.3, -0.25) is 0 Å². The largest absolute Gasteiger partial charge is 0.398 e. The minimum atomic E-state index is -2.45. The highest BCUT2D eigenvalue weighted by Crippen LogP contribution is 2.35. The standard InChI is InChI=1S/C11H16F2N2/c12-11(13)5-3-10(4-6-11)15-7-1-2-9(14)8-15/h1-2,8,10H,3-7,14H2. The Hall–Kier alpha value is -1.06. The Morgan fingerprint density at radius 3 is 2.60 bits per heavy atom. The molecule has 84 valence electrons. The summed E-state index contributed by atoms with van der Waals surface area (Å²) in [6.45, 7) is 0.789. The molecule has 0 unspecified atom stereocenters. The van der Waals surface area contributed by atoms with E-state index in [2.05, 4.69) is 4.90 Å². The summed E-state index contributed by atoms with van der Waals surface area (Å²) < 4.78 is 25.9. The zero-order valence-corrected chi connectivity index (χ0v) is 8.63. The normalized spacial score (nSPS) is 26.5. The SMILES string of the molecule is NC1=CN(C2CCC(F)(F)CC2)CC=C1. The molecule has 0 aromatic heterocycles. The van der Waals surface area contributed by atoms with Gasteiger partial charge >= 0.3 is 0 Å². The summed E-state index contributed by atoms with van der Waals surface area (Å²) in [5.74, 6) is -2.45. The molecule has 1 aliphatic heterocycles. The van der Waals surface area contributed by atoms with Crippen molar-refractivity contribution in [1.29, 1.82) is 0 Å². The van der Waals surface area contributed by atoms with Gasteiger partial charge in [0, 0.05) is 37.3 Å². The number of halogens is 2. The average Bonchev–Trinajstić information content (AvgIpc) is 2.17. The van der Waals surface area contributed by atoms with Gasteiger partial charge in [-0.05, 0) is 18.9 Å². The van der Waals surface area contributed by atoms with Gasteiger partial charge in [-0.2, -0.15) is 0 Å². The molecule has 2 N–H and O–H groups in total. The van der Waals surface area contributed by atoms with E-state index in [0.717, 1.165) is 6.54 Å². The van der Waals surface area contributed by atoms with E-state index >= 15 is 0 Å². The van der Waals surface area contributed by atoms with E-state index in [1.54, 1.807) is 0 Å². The third kappa shape index (κ3) is 2.49. The Kier molecular flexibility index (Phi) is 2.67. The number of nitrogens with two attached hydrogens (primary N) is 1. The molecule has 1 fully saturated rings. The molecular weight excluding hydrogens is 198 g/mol. The first-order chi connectivity index (χ1) is 7.07. The van der Waals surface area contributed by atoms with Gasteiger partial charge in [-0.1, -0.05) is 6.08 Å². The number of hydrogen-bond acceptors (Lipinski definition) is 2. The van der Waals surface area contributed by atoms with Gasteiger partial charge in [-0.25, -0.2) is 8.78 Å². The van der Waals surface area contributed by atoms with Gasteiger partial charge in [0.25, 0.3) is 0 Å². The number of rotatable bonds is 1. The molecular formula is C11H16F2N2. The molecule has 4 heteroatoms. The summed E-state index contributed by atoms with van der Waals surface area (Å²) in [6.07, 6.45) is 6.83. The van der Waals surface area contributed by atoms with Crippen molar-refractivity contribution < 1.29 is 8.78 Å². The predicted octanol–water partition coefficient (Wildman–Crippen LogP) is 2.24. The lowest BCUT2D eigenvalue weighted by Crippen LogP contribution is -2.39. The van der Waals surface area contributed by atoms with Gasteiger partial charge in [0.2, 0.25) is 5.92 Å². The lowest BCUT2D eigenvalue weighted by atomic mass is 9.91. The second-order valence-electron chi connectivity index (χ2n) is 4.32. The average molecular weight is 214 g/mol. The number of allylic oxidation sites excluding steroid dienone is 1. The monoisotopic (exact) mass is 214 g/mol. The third-order valence-electron chi connectivity index (χ3n) is 3.10. The fourth-order valence-corrected chi connectivity index (χ4v) is 2.21. The van der Waals surface area contributed by atoms with Crippen LogP contribution in [0.3, 0.4) is 0 Å². The first kappa shape index (κ1) is 10.5. The quantitative estimate of drug-likeness (QED) is 0.725. The molecule has 2 nitrogen and oxygen atoms in total. The van der Waals surface area contributed by atoms with Crippen molar-refractivity contribution in [3.05, 3.63) is 24.0 Å². The topological polar surface area (TPSA) is 29.3 Å². The van der Waals surface area contributed by atoms with Crippen molar-refractivity contribution in [3.8, 4) is 0 Å². The molecule has 0 bridgehead atoms. The smallest absolute Gasteiger partial charge is 0.248 e. The van der Waals surface area contributed by atoms with Crippen LogP contribution in [-0.2, 0) is 0 Å². The van der Waals surface area contributed by atoms with Crippen LogP contribution in [0.15, 0.2) is 24.0 Å².